The third-order valence-electron chi connectivity index (χ3n) is 1.39. The van der Waals surface area contributed by atoms with Crippen LogP contribution in [0, 0.1) is 29.6 Å². The van der Waals surface area contributed by atoms with Crippen molar-refractivity contribution in [3.63, 3.8) is 0 Å². The number of nitriles is 2. The van der Waals surface area contributed by atoms with Gasteiger partial charge in [0, 0.05) is 0 Å². The second-order valence-electron chi connectivity index (χ2n) is 2.02. The maximum atomic E-state index is 8.58. The van der Waals surface area contributed by atoms with Crippen molar-refractivity contribution in [2.75, 3.05) is 5.73 Å². The van der Waals surface area contributed by atoms with Crippen molar-refractivity contribution in [1.29, 1.82) is 10.5 Å². The van der Waals surface area contributed by atoms with Gasteiger partial charge in [-0.2, -0.15) is 10.5 Å². The highest BCUT2D eigenvalue weighted by Crippen LogP contribution is 2.28. The van der Waals surface area contributed by atoms with Crippen LogP contribution in [-0.2, 0) is 0 Å². The summed E-state index contributed by atoms with van der Waals surface area (Å²) in [6.45, 7) is 5.73. The number of hydrogen-bond donors (Lipinski definition) is 1. The van der Waals surface area contributed by atoms with E-state index < -0.39 is 0 Å². The molecule has 0 bridgehead atoms. The molecule has 0 saturated carbocycles. The first-order valence-corrected chi connectivity index (χ1v) is 4.71. The fourth-order valence-corrected chi connectivity index (χ4v) is 1.60. The number of anilines is 1. The summed E-state index contributed by atoms with van der Waals surface area (Å²) < 4.78 is 0. The van der Waals surface area contributed by atoms with Gasteiger partial charge >= 0.3 is 0 Å². The first-order valence-electron chi connectivity index (χ1n) is 3.89. The molecule has 4 heteroatoms. The molecule has 1 heterocycles. The summed E-state index contributed by atoms with van der Waals surface area (Å²) in [5.41, 5.74) is 6.60. The molecule has 0 aromatic carbocycles. The first kappa shape index (κ1) is 11.5. The smallest absolute Gasteiger partial charge is 0.111 e. The van der Waals surface area contributed by atoms with Gasteiger partial charge in [-0.3, -0.25) is 0 Å². The minimum absolute atomic E-state index is 0.432. The van der Waals surface area contributed by atoms with Crippen LogP contribution in [0.2, 0.25) is 0 Å². The van der Waals surface area contributed by atoms with Gasteiger partial charge in [-0.25, -0.2) is 0 Å². The van der Waals surface area contributed by atoms with E-state index in [4.69, 9.17) is 16.3 Å². The lowest BCUT2D eigenvalue weighted by Crippen LogP contribution is -1.83. The second kappa shape index (κ2) is 5.18. The van der Waals surface area contributed by atoms with Crippen LogP contribution in [0.4, 0.5) is 5.00 Å². The molecule has 0 amide bonds. The van der Waals surface area contributed by atoms with E-state index in [0.717, 1.165) is 11.3 Å². The number of nitrogen functional groups attached to an aromatic ring is 1. The van der Waals surface area contributed by atoms with E-state index in [-0.39, 0.29) is 0 Å². The van der Waals surface area contributed by atoms with E-state index in [0.29, 0.717) is 21.0 Å². The lowest BCUT2D eigenvalue weighted by Gasteiger charge is -1.84. The van der Waals surface area contributed by atoms with Crippen molar-refractivity contribution in [3.05, 3.63) is 16.0 Å². The number of nitrogens with zero attached hydrogens (tertiary/aromatic N) is 2. The molecule has 13 heavy (non-hydrogen) atoms. The van der Waals surface area contributed by atoms with Crippen molar-refractivity contribution in [1.82, 2.24) is 0 Å². The molecule has 2 N–H and O–H groups in total. The van der Waals surface area contributed by atoms with E-state index in [9.17, 15) is 0 Å². The molecule has 0 aliphatic carbocycles. The van der Waals surface area contributed by atoms with E-state index in [1.165, 1.54) is 0 Å². The highest BCUT2D eigenvalue weighted by atomic mass is 32.1. The molecule has 0 fully saturated rings. The van der Waals surface area contributed by atoms with Crippen LogP contribution in [0.5, 0.6) is 0 Å². The first-order chi connectivity index (χ1) is 6.20. The zero-order valence-electron chi connectivity index (χ0n) is 7.88. The molecule has 68 valence electrons. The fraction of sp³-hybridized carbons (Fsp3) is 0.333. The van der Waals surface area contributed by atoms with Crippen LogP contribution < -0.4 is 5.73 Å². The fourth-order valence-electron chi connectivity index (χ4n) is 0.781. The molecule has 1 aromatic rings. The summed E-state index contributed by atoms with van der Waals surface area (Å²) >= 11 is 1.16. The second-order valence-corrected chi connectivity index (χ2v) is 3.07. The van der Waals surface area contributed by atoms with Gasteiger partial charge in [0.2, 0.25) is 0 Å². The summed E-state index contributed by atoms with van der Waals surface area (Å²) in [5.74, 6) is 0. The minimum Gasteiger partial charge on any atom is -0.389 e. The Morgan fingerprint density at radius 3 is 2.00 bits per heavy atom. The largest absolute Gasteiger partial charge is 0.389 e. The van der Waals surface area contributed by atoms with Crippen molar-refractivity contribution in [2.45, 2.75) is 20.8 Å². The quantitative estimate of drug-likeness (QED) is 0.687. The van der Waals surface area contributed by atoms with Gasteiger partial charge in [0.05, 0.1) is 5.56 Å². The van der Waals surface area contributed by atoms with Crippen LogP contribution in [0.25, 0.3) is 0 Å². The molecular formula is C9H11N3S. The summed E-state index contributed by atoms with van der Waals surface area (Å²) in [7, 11) is 0. The Bertz CT molecular complexity index is 365. The Morgan fingerprint density at radius 2 is 1.77 bits per heavy atom. The molecule has 0 radical (unpaired) electrons. The third kappa shape index (κ3) is 2.21. The van der Waals surface area contributed by atoms with E-state index in [1.54, 1.807) is 6.92 Å². The Labute approximate surface area is 82.0 Å². The topological polar surface area (TPSA) is 73.6 Å². The highest BCUT2D eigenvalue weighted by Gasteiger charge is 2.10. The molecule has 0 saturated heterocycles. The predicted octanol–water partition coefficient (Wildman–Crippen LogP) is 2.41. The Hall–Kier alpha value is -1.52. The number of thiophene rings is 1. The number of nitrogens with two attached hydrogens (primary N) is 1. The maximum absolute atomic E-state index is 8.58. The average molecular weight is 193 g/mol. The maximum Gasteiger partial charge on any atom is 0.111 e. The van der Waals surface area contributed by atoms with Gasteiger partial charge in [0.1, 0.15) is 22.0 Å². The summed E-state index contributed by atoms with van der Waals surface area (Å²) in [4.78, 5) is 0.527. The molecule has 1 rings (SSSR count). The van der Waals surface area contributed by atoms with Gasteiger partial charge < -0.3 is 5.73 Å². The van der Waals surface area contributed by atoms with Gasteiger partial charge in [0.25, 0.3) is 0 Å². The number of hydrogen-bond acceptors (Lipinski definition) is 4. The minimum atomic E-state index is 0.432. The number of rotatable bonds is 0. The lowest BCUT2D eigenvalue weighted by molar-refractivity contribution is 1.42. The van der Waals surface area contributed by atoms with Crippen LogP contribution in [0.15, 0.2) is 0 Å². The van der Waals surface area contributed by atoms with Crippen molar-refractivity contribution < 1.29 is 0 Å². The lowest BCUT2D eigenvalue weighted by atomic mass is 10.2. The summed E-state index contributed by atoms with van der Waals surface area (Å²) in [6.07, 6.45) is 0. The molecule has 0 aliphatic rings. The van der Waals surface area contributed by atoms with Crippen molar-refractivity contribution in [3.8, 4) is 12.1 Å². The molecule has 3 nitrogen and oxygen atoms in total. The van der Waals surface area contributed by atoms with Crippen molar-refractivity contribution >= 4 is 16.3 Å². The molecular weight excluding hydrogens is 182 g/mol. The molecule has 1 aromatic heterocycles. The van der Waals surface area contributed by atoms with Crippen LogP contribution in [-0.4, -0.2) is 0 Å². The van der Waals surface area contributed by atoms with E-state index >= 15 is 0 Å². The van der Waals surface area contributed by atoms with Crippen molar-refractivity contribution in [2.24, 2.45) is 0 Å². The predicted molar refractivity (Wildman–Crippen MR) is 54.2 cm³/mol. The zero-order valence-corrected chi connectivity index (χ0v) is 8.70. The zero-order chi connectivity index (χ0) is 10.4. The Balaban J connectivity index is 0.000000671. The van der Waals surface area contributed by atoms with Gasteiger partial charge in [-0.05, 0) is 12.5 Å². The van der Waals surface area contributed by atoms with Gasteiger partial charge in [-0.1, -0.05) is 13.8 Å². The molecule has 0 unspecified atom stereocenters. The Morgan fingerprint density at radius 1 is 1.23 bits per heavy atom. The highest BCUT2D eigenvalue weighted by molar-refractivity contribution is 7.16. The van der Waals surface area contributed by atoms with Gasteiger partial charge in [0.15, 0.2) is 0 Å². The SMILES string of the molecule is CC.Cc1c(C#N)sc(N)c1C#N. The molecule has 0 spiro atoms. The standard InChI is InChI=1S/C7H5N3S.C2H6/c1-4-5(2-8)7(10)11-6(4)3-9;1-2/h10H2,1H3;1-2H3. The van der Waals surface area contributed by atoms with Gasteiger partial charge in [-0.15, -0.1) is 11.3 Å². The summed E-state index contributed by atoms with van der Waals surface area (Å²) in [6, 6.07) is 3.93. The summed E-state index contributed by atoms with van der Waals surface area (Å²) in [5, 5.41) is 17.6. The van der Waals surface area contributed by atoms with E-state index in [1.807, 2.05) is 26.0 Å². The monoisotopic (exact) mass is 193 g/mol. The molecule has 0 atom stereocenters. The third-order valence-corrected chi connectivity index (χ3v) is 2.41. The van der Waals surface area contributed by atoms with Crippen LogP contribution in [0.1, 0.15) is 29.9 Å². The van der Waals surface area contributed by atoms with Crippen LogP contribution >= 0.6 is 11.3 Å². The van der Waals surface area contributed by atoms with Crippen LogP contribution in [0.3, 0.4) is 0 Å². The Kier molecular flexibility index (Phi) is 4.58. The van der Waals surface area contributed by atoms with E-state index in [2.05, 4.69) is 0 Å². The molecule has 0 aliphatic heterocycles. The average Bonchev–Trinajstić information content (AvgIpc) is 2.44. The normalized spacial score (nSPS) is 7.77.